The van der Waals surface area contributed by atoms with Gasteiger partial charge in [-0.05, 0) is 74.3 Å². The molecule has 1 aliphatic rings. The number of nitrogens with two attached hydrogens (primary N) is 2. The van der Waals surface area contributed by atoms with Crippen molar-refractivity contribution in [1.29, 1.82) is 0 Å². The van der Waals surface area contributed by atoms with Gasteiger partial charge in [0.1, 0.15) is 11.1 Å². The Morgan fingerprint density at radius 3 is 2.22 bits per heavy atom. The molecule has 2 heterocycles. The van der Waals surface area contributed by atoms with Crippen LogP contribution in [0, 0.1) is 0 Å². The Bertz CT molecular complexity index is 3260. The third kappa shape index (κ3) is 4.20. The van der Waals surface area contributed by atoms with Crippen molar-refractivity contribution in [3.05, 3.63) is 97.7 Å². The lowest BCUT2D eigenvalue weighted by molar-refractivity contribution is 0.0601. The number of methoxy groups -OCH3 is 1. The molecule has 0 saturated heterocycles. The number of nitrogens with one attached hydrogen (secondary N) is 1. The first-order chi connectivity index (χ1) is 26.2. The van der Waals surface area contributed by atoms with Crippen LogP contribution in [0.5, 0.6) is 0 Å². The van der Waals surface area contributed by atoms with Crippen LogP contribution >= 0.6 is 0 Å². The molecule has 0 bridgehead atoms. The summed E-state index contributed by atoms with van der Waals surface area (Å²) in [5, 5.41) is 11.6. The molecule has 10 rings (SSSR count). The summed E-state index contributed by atoms with van der Waals surface area (Å²) in [6.45, 7) is 2.87. The van der Waals surface area contributed by atoms with Gasteiger partial charge in [0.15, 0.2) is 16.8 Å². The minimum atomic E-state index is -0.760. The molecule has 1 aliphatic carbocycles. The number of fused-ring (bicyclic) bond motifs is 4. The van der Waals surface area contributed by atoms with E-state index in [1.54, 1.807) is 24.3 Å². The van der Waals surface area contributed by atoms with Crippen LogP contribution in [-0.2, 0) is 4.74 Å². The number of amides is 1. The van der Waals surface area contributed by atoms with Gasteiger partial charge in [-0.15, -0.1) is 0 Å². The van der Waals surface area contributed by atoms with Crippen molar-refractivity contribution >= 4 is 110 Å². The van der Waals surface area contributed by atoms with Crippen LogP contribution in [0.15, 0.2) is 73.2 Å². The topological polar surface area (TPSA) is 188 Å². The van der Waals surface area contributed by atoms with E-state index in [9.17, 15) is 24.0 Å². The van der Waals surface area contributed by atoms with Gasteiger partial charge < -0.3 is 30.4 Å². The Balaban J connectivity index is 1.44. The summed E-state index contributed by atoms with van der Waals surface area (Å²) < 4.78 is 17.2. The zero-order chi connectivity index (χ0) is 37.2. The normalized spacial score (nSPS) is 13.2. The molecule has 2 aromatic heterocycles. The van der Waals surface area contributed by atoms with E-state index < -0.39 is 17.5 Å². The quantitative estimate of drug-likeness (QED) is 0.0782. The minimum absolute atomic E-state index is 0.00409. The van der Waals surface area contributed by atoms with Gasteiger partial charge in [-0.1, -0.05) is 6.08 Å². The van der Waals surface area contributed by atoms with Gasteiger partial charge in [0.2, 0.25) is 0 Å². The summed E-state index contributed by atoms with van der Waals surface area (Å²) >= 11 is 0. The Morgan fingerprint density at radius 1 is 0.722 bits per heavy atom. The number of ketones is 1. The van der Waals surface area contributed by atoms with E-state index in [1.807, 2.05) is 6.07 Å². The molecule has 7 aromatic carbocycles. The predicted molar refractivity (Wildman–Crippen MR) is 209 cm³/mol. The zero-order valence-electron chi connectivity index (χ0n) is 28.9. The maximum absolute atomic E-state index is 14.5. The average Bonchev–Trinajstić information content (AvgIpc) is 3.17. The summed E-state index contributed by atoms with van der Waals surface area (Å²) in [4.78, 5) is 70.4. The van der Waals surface area contributed by atoms with Crippen molar-refractivity contribution in [3.8, 4) is 0 Å². The number of carbonyl (C=O) groups is 3. The number of hydrogen-bond acceptors (Lipinski definition) is 11. The number of ether oxygens (including phenoxy) is 1. The number of hydrogen-bond donors (Lipinski definition) is 3. The Morgan fingerprint density at radius 2 is 1.44 bits per heavy atom. The highest BCUT2D eigenvalue weighted by atomic mass is 16.5. The molecule has 9 aromatic rings. The van der Waals surface area contributed by atoms with E-state index in [4.69, 9.17) is 25.0 Å². The average molecular weight is 719 g/mol. The molecule has 0 spiro atoms. The predicted octanol–water partition coefficient (Wildman–Crippen LogP) is 5.08. The fourth-order valence-corrected chi connectivity index (χ4v) is 8.90. The molecule has 54 heavy (non-hydrogen) atoms. The largest absolute Gasteiger partial charge is 0.465 e. The standard InChI is InChI=1S/C42H30N4O8/c1-52-42(51)27-15-21-23(41(50)45-7-10-46(8-5-43)9-6-44)16-26-35-33(21)36-22(17-30(49)54-40(27)36)20-14-24-28(47)3-2-18-12-19-13-25-29(48)4-11-53-39(25)37(26)32(19)38(31(18)24)34(20)35/h2-4,11-17H,5-10,43-44H2,1H3,(H,45,50). The lowest BCUT2D eigenvalue weighted by Crippen LogP contribution is -2.39. The van der Waals surface area contributed by atoms with Gasteiger partial charge in [0, 0.05) is 100 Å². The van der Waals surface area contributed by atoms with Crippen LogP contribution in [0.2, 0.25) is 0 Å². The van der Waals surface area contributed by atoms with Crippen LogP contribution in [0.25, 0.3) is 92.6 Å². The van der Waals surface area contributed by atoms with Gasteiger partial charge in [-0.2, -0.15) is 0 Å². The lowest BCUT2D eigenvalue weighted by Gasteiger charge is -2.26. The molecule has 0 atom stereocenters. The second-order valence-corrected chi connectivity index (χ2v) is 13.8. The molecule has 5 N–H and O–H groups in total. The van der Waals surface area contributed by atoms with E-state index in [1.165, 1.54) is 37.6 Å². The van der Waals surface area contributed by atoms with Crippen molar-refractivity contribution in [2.45, 2.75) is 0 Å². The van der Waals surface area contributed by atoms with E-state index in [-0.39, 0.29) is 34.5 Å². The van der Waals surface area contributed by atoms with E-state index in [0.717, 1.165) is 32.5 Å². The zero-order valence-corrected chi connectivity index (χ0v) is 28.9. The first-order valence-electron chi connectivity index (χ1n) is 17.6. The molecule has 266 valence electrons. The van der Waals surface area contributed by atoms with Gasteiger partial charge >= 0.3 is 11.6 Å². The second kappa shape index (κ2) is 11.5. The molecule has 0 aliphatic heterocycles. The molecular weight excluding hydrogens is 688 g/mol. The monoisotopic (exact) mass is 718 g/mol. The van der Waals surface area contributed by atoms with Crippen LogP contribution in [0.1, 0.15) is 36.6 Å². The highest BCUT2D eigenvalue weighted by molar-refractivity contribution is 6.51. The Labute approximate surface area is 303 Å². The molecule has 0 unspecified atom stereocenters. The van der Waals surface area contributed by atoms with Crippen LogP contribution in [0.4, 0.5) is 0 Å². The first-order valence-corrected chi connectivity index (χ1v) is 17.6. The lowest BCUT2D eigenvalue weighted by atomic mass is 9.77. The smallest absolute Gasteiger partial charge is 0.341 e. The van der Waals surface area contributed by atoms with Crippen LogP contribution < -0.4 is 27.8 Å². The molecular formula is C42H30N4O8. The van der Waals surface area contributed by atoms with E-state index in [2.05, 4.69) is 10.2 Å². The number of nitrogens with zero attached hydrogens (tertiary/aromatic N) is 1. The SMILES string of the molecule is COC(=O)c1cc2c(C(=O)NCCN(CCN)CCN)cc3c4c5occc(=O)c5cc5cc6c7c(cc8c9cc(=O)oc1c9c2c3c8c7c54)C(=O)C=C6. The summed E-state index contributed by atoms with van der Waals surface area (Å²) in [6, 6.07) is 11.6. The molecule has 12 nitrogen and oxygen atoms in total. The van der Waals surface area contributed by atoms with Crippen molar-refractivity contribution in [2.75, 3.05) is 46.4 Å². The summed E-state index contributed by atoms with van der Waals surface area (Å²) in [7, 11) is 1.23. The van der Waals surface area contributed by atoms with Gasteiger partial charge in [-0.3, -0.25) is 19.3 Å². The molecule has 1 amide bonds. The van der Waals surface area contributed by atoms with Crippen molar-refractivity contribution in [3.63, 3.8) is 0 Å². The number of rotatable bonds is 9. The third-order valence-corrected chi connectivity index (χ3v) is 11.0. The maximum atomic E-state index is 14.5. The van der Waals surface area contributed by atoms with Gasteiger partial charge in [-0.25, -0.2) is 9.59 Å². The number of carbonyl (C=O) groups excluding carboxylic acids is 3. The second-order valence-electron chi connectivity index (χ2n) is 13.8. The molecule has 0 fully saturated rings. The summed E-state index contributed by atoms with van der Waals surface area (Å²) in [5.41, 5.74) is 12.5. The van der Waals surface area contributed by atoms with Crippen molar-refractivity contribution < 1.29 is 28.0 Å². The molecule has 12 heteroatoms. The molecule has 0 saturated carbocycles. The summed E-state index contributed by atoms with van der Waals surface area (Å²) in [6.07, 6.45) is 4.65. The number of esters is 1. The first kappa shape index (κ1) is 32.2. The van der Waals surface area contributed by atoms with Crippen LogP contribution in [0.3, 0.4) is 0 Å². The highest BCUT2D eigenvalue weighted by Crippen LogP contribution is 2.54. The molecule has 0 radical (unpaired) electrons. The third-order valence-electron chi connectivity index (χ3n) is 11.0. The maximum Gasteiger partial charge on any atom is 0.341 e. The Hall–Kier alpha value is -6.47. The van der Waals surface area contributed by atoms with Gasteiger partial charge in [0.25, 0.3) is 5.91 Å². The minimum Gasteiger partial charge on any atom is -0.465 e. The van der Waals surface area contributed by atoms with E-state index >= 15 is 0 Å². The fraction of sp³-hybridized carbons (Fsp3) is 0.167. The Kier molecular flexibility index (Phi) is 6.87. The number of allylic oxidation sites excluding steroid dienone is 1. The van der Waals surface area contributed by atoms with E-state index in [0.29, 0.717) is 92.3 Å². The van der Waals surface area contributed by atoms with Gasteiger partial charge in [0.05, 0.1) is 18.8 Å². The fourth-order valence-electron chi connectivity index (χ4n) is 8.90. The highest BCUT2D eigenvalue weighted by Gasteiger charge is 2.32. The van der Waals surface area contributed by atoms with Crippen molar-refractivity contribution in [1.82, 2.24) is 10.2 Å². The van der Waals surface area contributed by atoms with Crippen LogP contribution in [-0.4, -0.2) is 68.9 Å². The summed E-state index contributed by atoms with van der Waals surface area (Å²) in [5.74, 6) is -1.38. The van der Waals surface area contributed by atoms with Crippen molar-refractivity contribution in [2.24, 2.45) is 11.5 Å². The number of benzene rings is 7.